The molecule has 3 heteroatoms. The Morgan fingerprint density at radius 1 is 0.944 bits per heavy atom. The van der Waals surface area contributed by atoms with Crippen LogP contribution in [0.15, 0.2) is 60.7 Å². The number of rotatable bonds is 3. The van der Waals surface area contributed by atoms with Crippen molar-refractivity contribution >= 4 is 11.8 Å². The summed E-state index contributed by atoms with van der Waals surface area (Å²) in [6.07, 6.45) is -0.547. The summed E-state index contributed by atoms with van der Waals surface area (Å²) in [7, 11) is 0. The van der Waals surface area contributed by atoms with Gasteiger partial charge in [-0.3, -0.25) is 0 Å². The van der Waals surface area contributed by atoms with Gasteiger partial charge in [0, 0.05) is 0 Å². The third-order valence-electron chi connectivity index (χ3n) is 3.39. The van der Waals surface area contributed by atoms with E-state index in [9.17, 15) is 5.11 Å². The number of hydrogen-bond donors (Lipinski definition) is 1. The van der Waals surface area contributed by atoms with Gasteiger partial charge in [-0.05, 0) is 22.9 Å². The smallest absolute Gasteiger partial charge is 0.0977 e. The van der Waals surface area contributed by atoms with Crippen molar-refractivity contribution in [1.29, 1.82) is 0 Å². The fourth-order valence-corrected chi connectivity index (χ4v) is 2.76. The molecule has 0 aliphatic carbocycles. The van der Waals surface area contributed by atoms with Crippen LogP contribution >= 0.6 is 11.8 Å². The van der Waals surface area contributed by atoms with E-state index in [0.717, 1.165) is 11.1 Å². The monoisotopic (exact) mass is 259 g/mol. The molecule has 1 N–H and O–H groups in total. The third kappa shape index (κ3) is 2.03. The van der Waals surface area contributed by atoms with Crippen LogP contribution in [0.3, 0.4) is 0 Å². The Morgan fingerprint density at radius 2 is 1.50 bits per heavy atom. The fraction of sp³-hybridized carbons (Fsp3) is 0.200. The van der Waals surface area contributed by atoms with E-state index < -0.39 is 6.10 Å². The van der Waals surface area contributed by atoms with E-state index in [1.54, 1.807) is 4.42 Å². The molecule has 0 saturated carbocycles. The second kappa shape index (κ2) is 4.73. The first-order valence-electron chi connectivity index (χ1n) is 6.01. The van der Waals surface area contributed by atoms with Crippen LogP contribution in [0.2, 0.25) is 0 Å². The average molecular weight is 260 g/mol. The number of halogens is 1. The predicted molar refractivity (Wildman–Crippen MR) is 72.1 cm³/mol. The molecule has 0 radical (unpaired) electrons. The topological polar surface area (TPSA) is 23.2 Å². The molecule has 3 rings (SSSR count). The van der Waals surface area contributed by atoms with E-state index in [-0.39, 0.29) is 12.1 Å². The van der Waals surface area contributed by atoms with Crippen LogP contribution in [0.5, 0.6) is 0 Å². The minimum atomic E-state index is -0.547. The average Bonchev–Trinajstić information content (AvgIpc) is 3.11. The number of hydrogen-bond acceptors (Lipinski definition) is 2. The molecule has 18 heavy (non-hydrogen) atoms. The van der Waals surface area contributed by atoms with Gasteiger partial charge >= 0.3 is 0 Å². The summed E-state index contributed by atoms with van der Waals surface area (Å²) < 4.78 is 1.69. The number of aliphatic hydroxyl groups excluding tert-OH is 1. The molecule has 1 fully saturated rings. The van der Waals surface area contributed by atoms with Gasteiger partial charge in [0.25, 0.3) is 0 Å². The standard InChI is InChI=1S/C15H14ClNO/c16-17-13(11-7-3-1-4-8-11)14(17)15(18)12-9-5-2-6-10-12/h1-10,13-15,18H/t13-,14-,15+,17?/m1/s1. The van der Waals surface area contributed by atoms with Crippen molar-refractivity contribution in [3.63, 3.8) is 0 Å². The number of benzene rings is 2. The Hall–Kier alpha value is -1.35. The SMILES string of the molecule is O[C@@H](c1ccccc1)[C@H]1[C@@H](c2ccccc2)N1Cl. The highest BCUT2D eigenvalue weighted by atomic mass is 35.5. The van der Waals surface area contributed by atoms with Gasteiger partial charge in [-0.15, -0.1) is 0 Å². The van der Waals surface area contributed by atoms with Crippen molar-refractivity contribution in [3.05, 3.63) is 71.8 Å². The van der Waals surface area contributed by atoms with Gasteiger partial charge in [-0.25, -0.2) is 4.42 Å². The maximum absolute atomic E-state index is 10.3. The van der Waals surface area contributed by atoms with E-state index in [1.165, 1.54) is 0 Å². The Balaban J connectivity index is 1.80. The molecule has 0 aromatic heterocycles. The minimum Gasteiger partial charge on any atom is -0.387 e. The van der Waals surface area contributed by atoms with Crippen LogP contribution in [0.25, 0.3) is 0 Å². The highest BCUT2D eigenvalue weighted by molar-refractivity contribution is 6.15. The summed E-state index contributed by atoms with van der Waals surface area (Å²) in [6, 6.07) is 19.7. The lowest BCUT2D eigenvalue weighted by Crippen LogP contribution is -2.07. The molecule has 2 aromatic carbocycles. The predicted octanol–water partition coefficient (Wildman–Crippen LogP) is 3.30. The van der Waals surface area contributed by atoms with E-state index in [4.69, 9.17) is 11.8 Å². The van der Waals surface area contributed by atoms with Crippen LogP contribution in [-0.2, 0) is 0 Å². The molecule has 1 aliphatic rings. The van der Waals surface area contributed by atoms with Gasteiger partial charge in [0.15, 0.2) is 0 Å². The van der Waals surface area contributed by atoms with E-state index >= 15 is 0 Å². The summed E-state index contributed by atoms with van der Waals surface area (Å²) >= 11 is 6.17. The second-order valence-corrected chi connectivity index (χ2v) is 4.94. The maximum Gasteiger partial charge on any atom is 0.0977 e. The maximum atomic E-state index is 10.3. The molecule has 92 valence electrons. The molecule has 2 aromatic rings. The molecular weight excluding hydrogens is 246 g/mol. The second-order valence-electron chi connectivity index (χ2n) is 4.55. The largest absolute Gasteiger partial charge is 0.387 e. The van der Waals surface area contributed by atoms with Crippen molar-refractivity contribution < 1.29 is 5.11 Å². The first-order chi connectivity index (χ1) is 8.79. The highest BCUT2D eigenvalue weighted by Crippen LogP contribution is 2.50. The molecule has 1 saturated heterocycles. The lowest BCUT2D eigenvalue weighted by Gasteiger charge is -2.08. The van der Waals surface area contributed by atoms with Crippen LogP contribution < -0.4 is 0 Å². The van der Waals surface area contributed by atoms with Crippen molar-refractivity contribution in [1.82, 2.24) is 4.42 Å². The Bertz CT molecular complexity index is 475. The first kappa shape index (κ1) is 11.7. The zero-order valence-electron chi connectivity index (χ0n) is 9.78. The van der Waals surface area contributed by atoms with Gasteiger partial charge in [0.05, 0.1) is 18.2 Å². The van der Waals surface area contributed by atoms with Gasteiger partial charge in [-0.1, -0.05) is 60.7 Å². The molecule has 4 atom stereocenters. The first-order valence-corrected chi connectivity index (χ1v) is 6.35. The molecule has 2 nitrogen and oxygen atoms in total. The van der Waals surface area contributed by atoms with E-state index in [0.29, 0.717) is 0 Å². The zero-order chi connectivity index (χ0) is 12.5. The summed E-state index contributed by atoms with van der Waals surface area (Å²) in [5.41, 5.74) is 2.05. The van der Waals surface area contributed by atoms with Gasteiger partial charge in [0.2, 0.25) is 0 Å². The van der Waals surface area contributed by atoms with Gasteiger partial charge in [-0.2, -0.15) is 0 Å². The van der Waals surface area contributed by atoms with Crippen molar-refractivity contribution in [3.8, 4) is 0 Å². The van der Waals surface area contributed by atoms with Crippen molar-refractivity contribution in [2.24, 2.45) is 0 Å². The Kier molecular flexibility index (Phi) is 3.08. The van der Waals surface area contributed by atoms with Crippen LogP contribution in [0.4, 0.5) is 0 Å². The molecule has 0 spiro atoms. The Morgan fingerprint density at radius 3 is 2.11 bits per heavy atom. The molecule has 1 aliphatic heterocycles. The van der Waals surface area contributed by atoms with Gasteiger partial charge < -0.3 is 5.11 Å². The summed E-state index contributed by atoms with van der Waals surface area (Å²) in [6.45, 7) is 0. The fourth-order valence-electron chi connectivity index (χ4n) is 2.37. The Labute approximate surface area is 112 Å². The molecular formula is C15H14ClNO. The minimum absolute atomic E-state index is 0.0449. The molecule has 1 heterocycles. The van der Waals surface area contributed by atoms with Crippen LogP contribution in [-0.4, -0.2) is 15.6 Å². The summed E-state index contributed by atoms with van der Waals surface area (Å²) in [4.78, 5) is 0. The lowest BCUT2D eigenvalue weighted by atomic mass is 10.0. The van der Waals surface area contributed by atoms with Crippen molar-refractivity contribution in [2.45, 2.75) is 18.2 Å². The summed E-state index contributed by atoms with van der Waals surface area (Å²) in [5.74, 6) is 0. The lowest BCUT2D eigenvalue weighted by molar-refractivity contribution is 0.167. The zero-order valence-corrected chi connectivity index (χ0v) is 10.5. The number of aliphatic hydroxyl groups is 1. The van der Waals surface area contributed by atoms with E-state index in [1.807, 2.05) is 60.7 Å². The number of nitrogens with zero attached hydrogens (tertiary/aromatic N) is 1. The van der Waals surface area contributed by atoms with Crippen LogP contribution in [0.1, 0.15) is 23.3 Å². The normalized spacial score (nSPS) is 27.8. The molecule has 0 bridgehead atoms. The van der Waals surface area contributed by atoms with E-state index in [2.05, 4.69) is 0 Å². The highest BCUT2D eigenvalue weighted by Gasteiger charge is 2.52. The van der Waals surface area contributed by atoms with Crippen molar-refractivity contribution in [2.75, 3.05) is 0 Å². The molecule has 0 amide bonds. The quantitative estimate of drug-likeness (QED) is 0.675. The summed E-state index contributed by atoms with van der Waals surface area (Å²) in [5, 5.41) is 10.3. The van der Waals surface area contributed by atoms with Crippen LogP contribution in [0, 0.1) is 0 Å². The van der Waals surface area contributed by atoms with Gasteiger partial charge in [0.1, 0.15) is 0 Å². The third-order valence-corrected chi connectivity index (χ3v) is 3.83. The molecule has 1 unspecified atom stereocenters.